The molecule has 2 unspecified atom stereocenters. The predicted octanol–water partition coefficient (Wildman–Crippen LogP) is 5.03. The van der Waals surface area contributed by atoms with Gasteiger partial charge in [0.2, 0.25) is 5.91 Å². The Morgan fingerprint density at radius 1 is 0.897 bits per heavy atom. The fraction of sp³-hybridized carbons (Fsp3) is 0.387. The number of anilines is 1. The van der Waals surface area contributed by atoms with Crippen molar-refractivity contribution in [1.29, 1.82) is 0 Å². The predicted molar refractivity (Wildman–Crippen MR) is 144 cm³/mol. The normalized spacial score (nSPS) is 21.1. The number of carbonyl (C=O) groups excluding carboxylic acids is 1. The van der Waals surface area contributed by atoms with Gasteiger partial charge < -0.3 is 14.5 Å². The molecule has 5 nitrogen and oxygen atoms in total. The van der Waals surface area contributed by atoms with Crippen LogP contribution in [0.4, 0.5) is 18.9 Å². The van der Waals surface area contributed by atoms with Gasteiger partial charge in [-0.1, -0.05) is 42.5 Å². The number of nitrogens with zero attached hydrogens (tertiary/aromatic N) is 3. The van der Waals surface area contributed by atoms with Crippen molar-refractivity contribution >= 4 is 11.6 Å². The monoisotopic (exact) mass is 535 g/mol. The van der Waals surface area contributed by atoms with Crippen LogP contribution in [0.3, 0.4) is 0 Å². The van der Waals surface area contributed by atoms with Crippen molar-refractivity contribution in [3.05, 3.63) is 95.1 Å². The molecule has 0 radical (unpaired) electrons. The van der Waals surface area contributed by atoms with Crippen LogP contribution in [0.5, 0.6) is 5.75 Å². The summed E-state index contributed by atoms with van der Waals surface area (Å²) < 4.78 is 46.6. The molecule has 0 spiro atoms. The third-order valence-corrected chi connectivity index (χ3v) is 8.30. The van der Waals surface area contributed by atoms with Gasteiger partial charge in [0.15, 0.2) is 0 Å². The molecule has 0 bridgehead atoms. The van der Waals surface area contributed by atoms with Crippen molar-refractivity contribution in [2.45, 2.75) is 31.6 Å². The van der Waals surface area contributed by atoms with Gasteiger partial charge in [0.25, 0.3) is 0 Å². The molecule has 1 amide bonds. The Labute approximate surface area is 226 Å². The summed E-state index contributed by atoms with van der Waals surface area (Å²) >= 11 is 0. The van der Waals surface area contributed by atoms with E-state index in [1.165, 1.54) is 17.7 Å². The zero-order valence-corrected chi connectivity index (χ0v) is 21.7. The molecule has 3 aromatic rings. The summed E-state index contributed by atoms with van der Waals surface area (Å²) in [5.74, 6) is 0.440. The molecule has 0 aliphatic carbocycles. The number of hydrogen-bond donors (Lipinski definition) is 0. The topological polar surface area (TPSA) is 36.0 Å². The first-order chi connectivity index (χ1) is 18.9. The van der Waals surface area contributed by atoms with E-state index in [2.05, 4.69) is 21.9 Å². The standard InChI is InChI=1S/C31H32F3N3O2/c32-31(33,34)25-10-11-28-24(18-25)19-27(30(38)36-13-12-22-6-4-5-7-23(22)20-36)29-21-35(14-15-37(28)29)16-17-39-26-8-2-1-3-9-26/h1-11,18,27,29H,12-17,19-21H2. The lowest BCUT2D eigenvalue weighted by Gasteiger charge is -2.50. The van der Waals surface area contributed by atoms with Gasteiger partial charge in [-0.15, -0.1) is 0 Å². The maximum absolute atomic E-state index is 14.0. The van der Waals surface area contributed by atoms with Gasteiger partial charge in [-0.25, -0.2) is 0 Å². The van der Waals surface area contributed by atoms with Crippen LogP contribution >= 0.6 is 0 Å². The minimum atomic E-state index is -4.42. The average molecular weight is 536 g/mol. The fourth-order valence-corrected chi connectivity index (χ4v) is 6.27. The zero-order chi connectivity index (χ0) is 27.0. The Balaban J connectivity index is 1.24. The Hall–Kier alpha value is -3.52. The first-order valence-corrected chi connectivity index (χ1v) is 13.6. The van der Waals surface area contributed by atoms with Gasteiger partial charge in [0.1, 0.15) is 12.4 Å². The van der Waals surface area contributed by atoms with Gasteiger partial charge in [-0.2, -0.15) is 13.2 Å². The van der Waals surface area contributed by atoms with Crippen LogP contribution in [-0.4, -0.2) is 61.1 Å². The average Bonchev–Trinajstić information content (AvgIpc) is 2.96. The summed E-state index contributed by atoms with van der Waals surface area (Å²) in [7, 11) is 0. The molecule has 3 heterocycles. The second-order valence-electron chi connectivity index (χ2n) is 10.7. The number of rotatable bonds is 5. The van der Waals surface area contributed by atoms with Crippen LogP contribution in [0, 0.1) is 5.92 Å². The molecule has 0 aromatic heterocycles. The van der Waals surface area contributed by atoms with E-state index in [1.54, 1.807) is 6.07 Å². The van der Waals surface area contributed by atoms with Crippen molar-refractivity contribution in [3.8, 4) is 5.75 Å². The molecule has 0 N–H and O–H groups in total. The molecule has 39 heavy (non-hydrogen) atoms. The quantitative estimate of drug-likeness (QED) is 0.459. The smallest absolute Gasteiger partial charge is 0.416 e. The van der Waals surface area contributed by atoms with Crippen LogP contribution < -0.4 is 9.64 Å². The summed E-state index contributed by atoms with van der Waals surface area (Å²) in [6.07, 6.45) is -3.31. The van der Waals surface area contributed by atoms with E-state index in [0.717, 1.165) is 36.5 Å². The number of alkyl halides is 3. The molecule has 3 aliphatic heterocycles. The lowest BCUT2D eigenvalue weighted by atomic mass is 9.82. The largest absolute Gasteiger partial charge is 0.492 e. The Morgan fingerprint density at radius 2 is 1.67 bits per heavy atom. The maximum Gasteiger partial charge on any atom is 0.416 e. The van der Waals surface area contributed by atoms with Crippen molar-refractivity contribution in [1.82, 2.24) is 9.80 Å². The van der Waals surface area contributed by atoms with E-state index in [0.29, 0.717) is 44.8 Å². The Kier molecular flexibility index (Phi) is 6.97. The SMILES string of the molecule is O=C(C1Cc2cc(C(F)(F)F)ccc2N2CCN(CCOc3ccccc3)CC12)N1CCc2ccccc2C1. The van der Waals surface area contributed by atoms with Crippen LogP contribution in [0.1, 0.15) is 22.3 Å². The number of fused-ring (bicyclic) bond motifs is 4. The molecular formula is C31H32F3N3O2. The highest BCUT2D eigenvalue weighted by Crippen LogP contribution is 2.40. The van der Waals surface area contributed by atoms with Crippen LogP contribution in [0.25, 0.3) is 0 Å². The number of ether oxygens (including phenoxy) is 1. The second-order valence-corrected chi connectivity index (χ2v) is 10.7. The first-order valence-electron chi connectivity index (χ1n) is 13.6. The van der Waals surface area contributed by atoms with E-state index >= 15 is 0 Å². The second kappa shape index (κ2) is 10.6. The Morgan fingerprint density at radius 3 is 2.46 bits per heavy atom. The first kappa shape index (κ1) is 25.7. The van der Waals surface area contributed by atoms with Gasteiger partial charge in [0.05, 0.1) is 17.5 Å². The number of para-hydroxylation sites is 1. The molecule has 1 saturated heterocycles. The van der Waals surface area contributed by atoms with E-state index in [4.69, 9.17) is 4.74 Å². The van der Waals surface area contributed by atoms with E-state index < -0.39 is 17.7 Å². The highest BCUT2D eigenvalue weighted by Gasteiger charge is 2.44. The maximum atomic E-state index is 14.0. The van der Waals surface area contributed by atoms with Crippen LogP contribution in [0.2, 0.25) is 0 Å². The van der Waals surface area contributed by atoms with E-state index in [1.807, 2.05) is 47.4 Å². The minimum absolute atomic E-state index is 0.0324. The molecule has 8 heteroatoms. The Bertz CT molecular complexity index is 1330. The minimum Gasteiger partial charge on any atom is -0.492 e. The fourth-order valence-electron chi connectivity index (χ4n) is 6.27. The lowest BCUT2D eigenvalue weighted by molar-refractivity contribution is -0.137. The molecule has 1 fully saturated rings. The molecule has 3 aliphatic rings. The van der Waals surface area contributed by atoms with Crippen molar-refractivity contribution in [3.63, 3.8) is 0 Å². The molecule has 2 atom stereocenters. The number of hydrogen-bond acceptors (Lipinski definition) is 4. The summed E-state index contributed by atoms with van der Waals surface area (Å²) in [6.45, 7) is 4.50. The zero-order valence-electron chi connectivity index (χ0n) is 21.7. The highest BCUT2D eigenvalue weighted by molar-refractivity contribution is 5.82. The number of carbonyl (C=O) groups is 1. The lowest BCUT2D eigenvalue weighted by Crippen LogP contribution is -2.61. The van der Waals surface area contributed by atoms with Crippen molar-refractivity contribution < 1.29 is 22.7 Å². The molecule has 3 aromatic carbocycles. The third kappa shape index (κ3) is 5.35. The number of piperazine rings is 1. The van der Waals surface area contributed by atoms with E-state index in [-0.39, 0.29) is 11.9 Å². The summed E-state index contributed by atoms with van der Waals surface area (Å²) in [5.41, 5.74) is 3.18. The number of benzene rings is 3. The van der Waals surface area contributed by atoms with Gasteiger partial charge in [-0.05, 0) is 59.9 Å². The molecule has 0 saturated carbocycles. The third-order valence-electron chi connectivity index (χ3n) is 8.30. The van der Waals surface area contributed by atoms with Crippen LogP contribution in [-0.2, 0) is 30.4 Å². The molecule has 6 rings (SSSR count). The van der Waals surface area contributed by atoms with Crippen molar-refractivity contribution in [2.75, 3.05) is 44.2 Å². The summed E-state index contributed by atoms with van der Waals surface area (Å²) in [5, 5.41) is 0. The number of halogens is 3. The summed E-state index contributed by atoms with van der Waals surface area (Å²) in [4.78, 5) is 20.4. The highest BCUT2D eigenvalue weighted by atomic mass is 19.4. The molecule has 204 valence electrons. The van der Waals surface area contributed by atoms with Gasteiger partial charge in [0, 0.05) is 45.0 Å². The van der Waals surface area contributed by atoms with E-state index in [9.17, 15) is 18.0 Å². The van der Waals surface area contributed by atoms with Gasteiger partial charge in [-0.3, -0.25) is 9.69 Å². The van der Waals surface area contributed by atoms with Crippen LogP contribution in [0.15, 0.2) is 72.8 Å². The number of amides is 1. The molecular weight excluding hydrogens is 503 g/mol. The summed E-state index contributed by atoms with van der Waals surface area (Å²) in [6, 6.07) is 21.7. The van der Waals surface area contributed by atoms with Crippen molar-refractivity contribution in [2.24, 2.45) is 5.92 Å². The van der Waals surface area contributed by atoms with Gasteiger partial charge >= 0.3 is 6.18 Å².